The van der Waals surface area contributed by atoms with Crippen LogP contribution in [0.5, 0.6) is 5.75 Å². The van der Waals surface area contributed by atoms with Crippen LogP contribution in [0.2, 0.25) is 0 Å². The quantitative estimate of drug-likeness (QED) is 0.828. The van der Waals surface area contributed by atoms with Crippen molar-refractivity contribution in [3.8, 4) is 16.9 Å². The molecule has 0 spiro atoms. The van der Waals surface area contributed by atoms with Crippen LogP contribution in [-0.2, 0) is 6.54 Å². The van der Waals surface area contributed by atoms with Crippen LogP contribution >= 0.6 is 0 Å². The highest BCUT2D eigenvalue weighted by Crippen LogP contribution is 2.36. The lowest BCUT2D eigenvalue weighted by Gasteiger charge is -2.15. The van der Waals surface area contributed by atoms with Crippen LogP contribution in [0.4, 0.5) is 0 Å². The van der Waals surface area contributed by atoms with Gasteiger partial charge in [-0.25, -0.2) is 0 Å². The van der Waals surface area contributed by atoms with E-state index < -0.39 is 0 Å². The van der Waals surface area contributed by atoms with E-state index in [-0.39, 0.29) is 0 Å². The minimum absolute atomic E-state index is 0.314. The molecule has 2 heteroatoms. The summed E-state index contributed by atoms with van der Waals surface area (Å²) in [4.78, 5) is 0. The molecule has 0 unspecified atom stereocenters. The molecule has 2 aromatic carbocycles. The van der Waals surface area contributed by atoms with E-state index >= 15 is 0 Å². The summed E-state index contributed by atoms with van der Waals surface area (Å²) in [5.74, 6) is 0.314. The van der Waals surface area contributed by atoms with Gasteiger partial charge >= 0.3 is 0 Å². The van der Waals surface area contributed by atoms with Gasteiger partial charge in [0.05, 0.1) is 0 Å². The average molecular weight is 227 g/mol. The summed E-state index contributed by atoms with van der Waals surface area (Å²) < 4.78 is 0. The second-order valence-corrected chi connectivity index (χ2v) is 4.28. The lowest BCUT2D eigenvalue weighted by Crippen LogP contribution is -2.01. The molecule has 0 saturated heterocycles. The zero-order valence-corrected chi connectivity index (χ0v) is 10.2. The van der Waals surface area contributed by atoms with Crippen LogP contribution in [0.1, 0.15) is 16.7 Å². The zero-order chi connectivity index (χ0) is 12.4. The van der Waals surface area contributed by atoms with E-state index in [1.54, 1.807) is 6.07 Å². The van der Waals surface area contributed by atoms with E-state index in [1.807, 2.05) is 44.2 Å². The van der Waals surface area contributed by atoms with Crippen molar-refractivity contribution in [3.05, 3.63) is 53.1 Å². The average Bonchev–Trinajstić information content (AvgIpc) is 2.30. The van der Waals surface area contributed by atoms with Crippen LogP contribution < -0.4 is 5.73 Å². The van der Waals surface area contributed by atoms with E-state index in [2.05, 4.69) is 0 Å². The number of hydrogen-bond donors (Lipinski definition) is 2. The molecule has 2 rings (SSSR count). The van der Waals surface area contributed by atoms with Crippen LogP contribution in [0, 0.1) is 13.8 Å². The van der Waals surface area contributed by atoms with Crippen LogP contribution in [0.25, 0.3) is 11.1 Å². The Bertz CT molecular complexity index is 526. The number of phenolic OH excluding ortho intramolecular Hbond substituents is 1. The fourth-order valence-electron chi connectivity index (χ4n) is 2.23. The molecule has 0 radical (unpaired) electrons. The molecule has 0 aromatic heterocycles. The Balaban J connectivity index is 2.76. The molecular weight excluding hydrogens is 210 g/mol. The lowest BCUT2D eigenvalue weighted by molar-refractivity contribution is 0.477. The third kappa shape index (κ3) is 2.04. The number of benzene rings is 2. The number of hydrogen-bond acceptors (Lipinski definition) is 2. The third-order valence-electron chi connectivity index (χ3n) is 3.08. The highest BCUT2D eigenvalue weighted by molar-refractivity contribution is 5.78. The van der Waals surface area contributed by atoms with E-state index in [9.17, 15) is 5.11 Å². The summed E-state index contributed by atoms with van der Waals surface area (Å²) in [6.45, 7) is 4.52. The van der Waals surface area contributed by atoms with Gasteiger partial charge in [-0.1, -0.05) is 30.3 Å². The van der Waals surface area contributed by atoms with Gasteiger partial charge in [-0.05, 0) is 42.2 Å². The highest BCUT2D eigenvalue weighted by Gasteiger charge is 2.13. The summed E-state index contributed by atoms with van der Waals surface area (Å²) in [5.41, 5.74) is 11.0. The Morgan fingerprint density at radius 2 is 1.53 bits per heavy atom. The number of rotatable bonds is 2. The van der Waals surface area contributed by atoms with Gasteiger partial charge in [0.25, 0.3) is 0 Å². The molecule has 88 valence electrons. The number of phenols is 1. The minimum Gasteiger partial charge on any atom is -0.507 e. The zero-order valence-electron chi connectivity index (χ0n) is 10.2. The maximum Gasteiger partial charge on any atom is 0.123 e. The van der Waals surface area contributed by atoms with Crippen molar-refractivity contribution in [2.45, 2.75) is 20.4 Å². The first-order chi connectivity index (χ1) is 8.15. The standard InChI is InChI=1S/C15H17NO/c1-10-5-3-7-12(9-16)14(10)15-11(2)6-4-8-13(15)17/h3-8,17H,9,16H2,1-2H3. The van der Waals surface area contributed by atoms with E-state index in [0.29, 0.717) is 12.3 Å². The van der Waals surface area contributed by atoms with Gasteiger partial charge in [-0.2, -0.15) is 0 Å². The summed E-state index contributed by atoms with van der Waals surface area (Å²) in [6.07, 6.45) is 0. The van der Waals surface area contributed by atoms with Crippen LogP contribution in [0.15, 0.2) is 36.4 Å². The molecule has 0 aliphatic rings. The normalized spacial score (nSPS) is 10.5. The second kappa shape index (κ2) is 4.60. The van der Waals surface area contributed by atoms with Crippen molar-refractivity contribution in [2.75, 3.05) is 0 Å². The Morgan fingerprint density at radius 3 is 2.12 bits per heavy atom. The molecule has 3 N–H and O–H groups in total. The molecule has 0 amide bonds. The topological polar surface area (TPSA) is 46.2 Å². The van der Waals surface area contributed by atoms with Gasteiger partial charge in [0.15, 0.2) is 0 Å². The van der Waals surface area contributed by atoms with Crippen LogP contribution in [-0.4, -0.2) is 5.11 Å². The smallest absolute Gasteiger partial charge is 0.123 e. The lowest BCUT2D eigenvalue weighted by atomic mass is 9.91. The van der Waals surface area contributed by atoms with Crippen molar-refractivity contribution >= 4 is 0 Å². The monoisotopic (exact) mass is 227 g/mol. The Kier molecular flexibility index (Phi) is 3.16. The Labute approximate surface area is 102 Å². The molecule has 0 saturated carbocycles. The molecule has 17 heavy (non-hydrogen) atoms. The van der Waals surface area contributed by atoms with E-state index in [1.165, 1.54) is 0 Å². The fraction of sp³-hybridized carbons (Fsp3) is 0.200. The number of aromatic hydroxyl groups is 1. The van der Waals surface area contributed by atoms with Crippen molar-refractivity contribution in [3.63, 3.8) is 0 Å². The highest BCUT2D eigenvalue weighted by atomic mass is 16.3. The maximum atomic E-state index is 10.0. The van der Waals surface area contributed by atoms with Crippen molar-refractivity contribution in [1.82, 2.24) is 0 Å². The second-order valence-electron chi connectivity index (χ2n) is 4.28. The Hall–Kier alpha value is -1.80. The molecule has 0 aliphatic carbocycles. The summed E-state index contributed by atoms with van der Waals surface area (Å²) in [5, 5.41) is 10.0. The largest absolute Gasteiger partial charge is 0.507 e. The van der Waals surface area contributed by atoms with Gasteiger partial charge in [-0.15, -0.1) is 0 Å². The SMILES string of the molecule is Cc1cccc(O)c1-c1c(C)cccc1CN. The van der Waals surface area contributed by atoms with E-state index in [0.717, 1.165) is 27.8 Å². The van der Waals surface area contributed by atoms with Gasteiger partial charge < -0.3 is 10.8 Å². The van der Waals surface area contributed by atoms with Gasteiger partial charge in [0.2, 0.25) is 0 Å². The first kappa shape index (κ1) is 11.7. The number of aryl methyl sites for hydroxylation is 2. The molecular formula is C15H17NO. The predicted molar refractivity (Wildman–Crippen MR) is 70.9 cm³/mol. The van der Waals surface area contributed by atoms with Gasteiger partial charge in [0, 0.05) is 12.1 Å². The molecule has 2 aromatic rings. The molecule has 2 nitrogen and oxygen atoms in total. The Morgan fingerprint density at radius 1 is 0.941 bits per heavy atom. The van der Waals surface area contributed by atoms with E-state index in [4.69, 9.17) is 5.73 Å². The summed E-state index contributed by atoms with van der Waals surface area (Å²) in [7, 11) is 0. The van der Waals surface area contributed by atoms with Crippen molar-refractivity contribution in [2.24, 2.45) is 5.73 Å². The number of nitrogens with two attached hydrogens (primary N) is 1. The summed E-state index contributed by atoms with van der Waals surface area (Å²) in [6, 6.07) is 11.6. The predicted octanol–water partition coefficient (Wildman–Crippen LogP) is 3.13. The first-order valence-electron chi connectivity index (χ1n) is 5.72. The molecule has 0 bridgehead atoms. The van der Waals surface area contributed by atoms with Gasteiger partial charge in [-0.3, -0.25) is 0 Å². The molecule has 0 heterocycles. The molecule has 0 aliphatic heterocycles. The fourth-order valence-corrected chi connectivity index (χ4v) is 2.23. The molecule has 0 fully saturated rings. The minimum atomic E-state index is 0.314. The third-order valence-corrected chi connectivity index (χ3v) is 3.08. The van der Waals surface area contributed by atoms with Crippen LogP contribution in [0.3, 0.4) is 0 Å². The first-order valence-corrected chi connectivity index (χ1v) is 5.72. The van der Waals surface area contributed by atoms with Gasteiger partial charge in [0.1, 0.15) is 5.75 Å². The van der Waals surface area contributed by atoms with Crippen molar-refractivity contribution < 1.29 is 5.11 Å². The van der Waals surface area contributed by atoms with Crippen molar-refractivity contribution in [1.29, 1.82) is 0 Å². The molecule has 0 atom stereocenters. The maximum absolute atomic E-state index is 10.0. The summed E-state index contributed by atoms with van der Waals surface area (Å²) >= 11 is 0.